The predicted octanol–water partition coefficient (Wildman–Crippen LogP) is 14.5. The lowest BCUT2D eigenvalue weighted by atomic mass is 9.67. The standard InChI is InChI=1S/C57H35N3O/c58-36-38-17-25-43(26-18-38)57(44-27-19-39(37-59)20-28-44)53-15-6-4-11-49(53)50-34-33-47(35-54(50)57)60(45-29-21-41(22-30-45)40-9-2-1-3-10-40)46-31-23-42(24-32-46)48-13-8-14-52-51-12-5-7-16-55(51)61-56(48)52/h1-35H. The van der Waals surface area contributed by atoms with Gasteiger partial charge in [0.2, 0.25) is 0 Å². The molecule has 284 valence electrons. The highest BCUT2D eigenvalue weighted by Gasteiger charge is 2.46. The fourth-order valence-corrected chi connectivity index (χ4v) is 9.43. The molecule has 0 radical (unpaired) electrons. The number of anilines is 3. The van der Waals surface area contributed by atoms with E-state index in [1.807, 2.05) is 42.5 Å². The Morgan fingerprint density at radius 3 is 1.59 bits per heavy atom. The second kappa shape index (κ2) is 14.4. The van der Waals surface area contributed by atoms with Crippen LogP contribution in [0.1, 0.15) is 33.4 Å². The Morgan fingerprint density at radius 2 is 0.918 bits per heavy atom. The lowest BCUT2D eigenvalue weighted by Crippen LogP contribution is -2.29. The fourth-order valence-electron chi connectivity index (χ4n) is 9.43. The molecule has 4 nitrogen and oxygen atoms in total. The fraction of sp³-hybridized carbons (Fsp3) is 0.0175. The molecule has 4 heteroatoms. The first-order valence-corrected chi connectivity index (χ1v) is 20.4. The van der Waals surface area contributed by atoms with E-state index in [1.165, 1.54) is 0 Å². The molecule has 0 atom stereocenters. The Hall–Kier alpha value is -8.44. The van der Waals surface area contributed by atoms with Gasteiger partial charge in [0, 0.05) is 33.4 Å². The largest absolute Gasteiger partial charge is 0.455 e. The van der Waals surface area contributed by atoms with Crippen molar-refractivity contribution in [3.63, 3.8) is 0 Å². The number of benzene rings is 9. The summed E-state index contributed by atoms with van der Waals surface area (Å²) < 4.78 is 6.45. The maximum absolute atomic E-state index is 9.81. The van der Waals surface area contributed by atoms with Crippen molar-refractivity contribution in [2.24, 2.45) is 0 Å². The maximum atomic E-state index is 9.81. The van der Waals surface area contributed by atoms with Crippen molar-refractivity contribution in [1.82, 2.24) is 0 Å². The zero-order chi connectivity index (χ0) is 40.9. The summed E-state index contributed by atoms with van der Waals surface area (Å²) in [6, 6.07) is 78.5. The van der Waals surface area contributed by atoms with E-state index in [-0.39, 0.29) is 0 Å². The number of fused-ring (bicyclic) bond motifs is 6. The summed E-state index contributed by atoms with van der Waals surface area (Å²) in [7, 11) is 0. The summed E-state index contributed by atoms with van der Waals surface area (Å²) in [6.45, 7) is 0. The van der Waals surface area contributed by atoms with E-state index in [4.69, 9.17) is 4.42 Å². The summed E-state index contributed by atoms with van der Waals surface area (Å²) in [5.74, 6) is 0. The van der Waals surface area contributed by atoms with Crippen molar-refractivity contribution in [3.8, 4) is 45.5 Å². The van der Waals surface area contributed by atoms with Gasteiger partial charge in [-0.3, -0.25) is 0 Å². The maximum Gasteiger partial charge on any atom is 0.143 e. The number of nitrogens with zero attached hydrogens (tertiary/aromatic N) is 3. The number of furan rings is 1. The first kappa shape index (κ1) is 35.7. The third kappa shape index (κ3) is 5.74. The Morgan fingerprint density at radius 1 is 0.393 bits per heavy atom. The average Bonchev–Trinajstić information content (AvgIpc) is 3.86. The van der Waals surface area contributed by atoms with Gasteiger partial charge >= 0.3 is 0 Å². The Bertz CT molecular complexity index is 3290. The van der Waals surface area contributed by atoms with Crippen molar-refractivity contribution in [1.29, 1.82) is 10.5 Å². The van der Waals surface area contributed by atoms with Crippen molar-refractivity contribution in [3.05, 3.63) is 246 Å². The molecular weight excluding hydrogens is 743 g/mol. The lowest BCUT2D eigenvalue weighted by molar-refractivity contribution is 0.670. The molecule has 0 spiro atoms. The molecule has 10 aromatic rings. The summed E-state index contributed by atoms with van der Waals surface area (Å²) in [4.78, 5) is 2.33. The average molecular weight is 778 g/mol. The third-order valence-corrected chi connectivity index (χ3v) is 12.3. The van der Waals surface area contributed by atoms with Gasteiger partial charge in [-0.2, -0.15) is 10.5 Å². The van der Waals surface area contributed by atoms with Gasteiger partial charge < -0.3 is 9.32 Å². The SMILES string of the molecule is N#Cc1ccc(C2(c3ccc(C#N)cc3)c3ccccc3-c3ccc(N(c4ccc(-c5ccccc5)cc4)c4ccc(-c5cccc6c5oc5ccccc56)cc4)cc32)cc1. The highest BCUT2D eigenvalue weighted by molar-refractivity contribution is 6.09. The molecule has 0 fully saturated rings. The van der Waals surface area contributed by atoms with Gasteiger partial charge in [-0.15, -0.1) is 0 Å². The molecule has 1 aliphatic carbocycles. The molecule has 1 aromatic heterocycles. The number of hydrogen-bond acceptors (Lipinski definition) is 4. The monoisotopic (exact) mass is 777 g/mol. The first-order valence-electron chi connectivity index (χ1n) is 20.4. The molecule has 0 bridgehead atoms. The van der Waals surface area contributed by atoms with E-state index >= 15 is 0 Å². The first-order chi connectivity index (χ1) is 30.1. The zero-order valence-electron chi connectivity index (χ0n) is 33.0. The van der Waals surface area contributed by atoms with Crippen molar-refractivity contribution in [2.75, 3.05) is 4.90 Å². The minimum atomic E-state index is -0.734. The van der Waals surface area contributed by atoms with Crippen LogP contribution in [0.2, 0.25) is 0 Å². The summed E-state index contributed by atoms with van der Waals surface area (Å²) in [5, 5.41) is 21.8. The van der Waals surface area contributed by atoms with Crippen molar-refractivity contribution in [2.45, 2.75) is 5.41 Å². The van der Waals surface area contributed by atoms with Crippen molar-refractivity contribution < 1.29 is 4.42 Å². The molecule has 0 unspecified atom stereocenters. The molecule has 1 aliphatic rings. The van der Waals surface area contributed by atoms with E-state index in [9.17, 15) is 10.5 Å². The van der Waals surface area contributed by atoms with Crippen LogP contribution in [0.3, 0.4) is 0 Å². The van der Waals surface area contributed by atoms with Crippen LogP contribution in [0.15, 0.2) is 217 Å². The van der Waals surface area contributed by atoms with Gasteiger partial charge in [0.05, 0.1) is 28.7 Å². The number of hydrogen-bond donors (Lipinski definition) is 0. The van der Waals surface area contributed by atoms with E-state index < -0.39 is 5.41 Å². The number of nitriles is 2. The molecule has 0 aliphatic heterocycles. The molecule has 0 amide bonds. The molecule has 61 heavy (non-hydrogen) atoms. The second-order valence-corrected chi connectivity index (χ2v) is 15.5. The van der Waals surface area contributed by atoms with Crippen LogP contribution < -0.4 is 4.90 Å². The van der Waals surface area contributed by atoms with Gasteiger partial charge in [-0.25, -0.2) is 0 Å². The van der Waals surface area contributed by atoms with Gasteiger partial charge in [-0.1, -0.05) is 146 Å². The quantitative estimate of drug-likeness (QED) is 0.162. The van der Waals surface area contributed by atoms with E-state index in [2.05, 4.69) is 187 Å². The summed E-state index contributed by atoms with van der Waals surface area (Å²) in [5.41, 5.74) is 16.3. The Kier molecular flexibility index (Phi) is 8.45. The molecular formula is C57H35N3O. The second-order valence-electron chi connectivity index (χ2n) is 15.5. The molecule has 9 aromatic carbocycles. The van der Waals surface area contributed by atoms with Crippen LogP contribution >= 0.6 is 0 Å². The van der Waals surface area contributed by atoms with Crippen molar-refractivity contribution >= 4 is 39.0 Å². The smallest absolute Gasteiger partial charge is 0.143 e. The van der Waals surface area contributed by atoms with Crippen LogP contribution in [0.5, 0.6) is 0 Å². The molecule has 0 saturated heterocycles. The van der Waals surface area contributed by atoms with E-state index in [1.54, 1.807) is 0 Å². The van der Waals surface area contributed by atoms with Crippen LogP contribution in [-0.2, 0) is 5.41 Å². The van der Waals surface area contributed by atoms with Gasteiger partial charge in [0.15, 0.2) is 0 Å². The lowest BCUT2D eigenvalue weighted by Gasteiger charge is -2.35. The van der Waals surface area contributed by atoms with Gasteiger partial charge in [0.1, 0.15) is 11.2 Å². The Balaban J connectivity index is 1.11. The predicted molar refractivity (Wildman–Crippen MR) is 246 cm³/mol. The van der Waals surface area contributed by atoms with E-state index in [0.717, 1.165) is 94.6 Å². The highest BCUT2D eigenvalue weighted by atomic mass is 16.3. The van der Waals surface area contributed by atoms with Gasteiger partial charge in [0.25, 0.3) is 0 Å². The topological polar surface area (TPSA) is 64.0 Å². The minimum absolute atomic E-state index is 0.601. The van der Waals surface area contributed by atoms with Crippen LogP contribution in [0.4, 0.5) is 17.1 Å². The van der Waals surface area contributed by atoms with Crippen LogP contribution in [0.25, 0.3) is 55.3 Å². The highest BCUT2D eigenvalue weighted by Crippen LogP contribution is 2.57. The normalized spacial score (nSPS) is 12.4. The molecule has 1 heterocycles. The minimum Gasteiger partial charge on any atom is -0.455 e. The third-order valence-electron chi connectivity index (χ3n) is 12.3. The molecule has 0 saturated carbocycles. The Labute approximate surface area is 354 Å². The number of para-hydroxylation sites is 2. The van der Waals surface area contributed by atoms with Crippen LogP contribution in [-0.4, -0.2) is 0 Å². The zero-order valence-corrected chi connectivity index (χ0v) is 33.0. The van der Waals surface area contributed by atoms with Crippen LogP contribution in [0, 0.1) is 22.7 Å². The number of rotatable bonds is 7. The van der Waals surface area contributed by atoms with Gasteiger partial charge in [-0.05, 0) is 117 Å². The molecule has 0 N–H and O–H groups in total. The summed E-state index contributed by atoms with van der Waals surface area (Å²) >= 11 is 0. The summed E-state index contributed by atoms with van der Waals surface area (Å²) in [6.07, 6.45) is 0. The van der Waals surface area contributed by atoms with E-state index in [0.29, 0.717) is 11.1 Å². The molecule has 11 rings (SSSR count).